The number of alkyl halides is 3. The topological polar surface area (TPSA) is 45.2 Å². The zero-order valence-electron chi connectivity index (χ0n) is 12.7. The van der Waals surface area contributed by atoms with Crippen LogP contribution in [0, 0.1) is 5.82 Å². The highest BCUT2D eigenvalue weighted by Gasteiger charge is 2.35. The molecule has 0 saturated carbocycles. The fourth-order valence-corrected chi connectivity index (χ4v) is 2.72. The van der Waals surface area contributed by atoms with E-state index >= 15 is 0 Å². The molecule has 1 fully saturated rings. The van der Waals surface area contributed by atoms with Crippen LogP contribution in [0.5, 0.6) is 0 Å². The van der Waals surface area contributed by atoms with Crippen molar-refractivity contribution < 1.29 is 17.6 Å². The zero-order chi connectivity index (χ0) is 17.2. The molecule has 2 aromatic heterocycles. The van der Waals surface area contributed by atoms with Crippen molar-refractivity contribution in [2.75, 3.05) is 31.1 Å². The third-order valence-electron chi connectivity index (χ3n) is 3.87. The highest BCUT2D eigenvalue weighted by Crippen LogP contribution is 2.30. The van der Waals surface area contributed by atoms with E-state index in [0.717, 1.165) is 12.4 Å². The molecule has 0 radical (unpaired) electrons. The van der Waals surface area contributed by atoms with Gasteiger partial charge in [-0.1, -0.05) is 6.07 Å². The summed E-state index contributed by atoms with van der Waals surface area (Å²) < 4.78 is 52.6. The van der Waals surface area contributed by atoms with E-state index in [1.165, 1.54) is 18.5 Å². The average molecular weight is 341 g/mol. The van der Waals surface area contributed by atoms with Gasteiger partial charge in [-0.2, -0.15) is 13.2 Å². The zero-order valence-corrected chi connectivity index (χ0v) is 12.7. The number of halogens is 4. The second-order valence-corrected chi connectivity index (χ2v) is 5.47. The molecule has 0 aromatic carbocycles. The number of aromatic nitrogens is 3. The third kappa shape index (κ3) is 3.61. The lowest BCUT2D eigenvalue weighted by molar-refractivity contribution is -0.142. The summed E-state index contributed by atoms with van der Waals surface area (Å²) in [5, 5.41) is 0. The van der Waals surface area contributed by atoms with Gasteiger partial charge in [-0.3, -0.25) is 9.88 Å². The van der Waals surface area contributed by atoms with Gasteiger partial charge in [0, 0.05) is 38.9 Å². The predicted octanol–water partition coefficient (Wildman–Crippen LogP) is 2.35. The fraction of sp³-hybridized carbons (Fsp3) is 0.400. The van der Waals surface area contributed by atoms with Crippen LogP contribution in [0.25, 0.3) is 0 Å². The Kier molecular flexibility index (Phi) is 4.61. The molecule has 5 nitrogen and oxygen atoms in total. The molecule has 128 valence electrons. The van der Waals surface area contributed by atoms with Crippen molar-refractivity contribution in [1.82, 2.24) is 19.9 Å². The van der Waals surface area contributed by atoms with E-state index in [0.29, 0.717) is 26.2 Å². The molecule has 3 heterocycles. The highest BCUT2D eigenvalue weighted by molar-refractivity contribution is 5.38. The molecule has 1 saturated heterocycles. The molecule has 3 rings (SSSR count). The molecule has 0 atom stereocenters. The Balaban J connectivity index is 1.66. The van der Waals surface area contributed by atoms with Crippen LogP contribution in [0.2, 0.25) is 0 Å². The third-order valence-corrected chi connectivity index (χ3v) is 3.87. The van der Waals surface area contributed by atoms with Crippen molar-refractivity contribution in [3.63, 3.8) is 0 Å². The maximum atomic E-state index is 13.7. The number of hydrogen-bond acceptors (Lipinski definition) is 5. The number of anilines is 1. The Hall–Kier alpha value is -2.29. The molecule has 0 unspecified atom stereocenters. The number of rotatable bonds is 3. The smallest absolute Gasteiger partial charge is 0.352 e. The van der Waals surface area contributed by atoms with E-state index in [-0.39, 0.29) is 17.9 Å². The van der Waals surface area contributed by atoms with Crippen LogP contribution in [0.4, 0.5) is 23.4 Å². The maximum Gasteiger partial charge on any atom is 0.433 e. The molecule has 0 N–H and O–H groups in total. The van der Waals surface area contributed by atoms with Crippen LogP contribution in [0.3, 0.4) is 0 Å². The Morgan fingerprint density at radius 3 is 2.50 bits per heavy atom. The number of piperazine rings is 1. The minimum absolute atomic E-state index is 0.145. The second kappa shape index (κ2) is 6.68. The molecular weight excluding hydrogens is 326 g/mol. The summed E-state index contributed by atoms with van der Waals surface area (Å²) in [7, 11) is 0. The van der Waals surface area contributed by atoms with Gasteiger partial charge in [0.15, 0.2) is 11.6 Å². The summed E-state index contributed by atoms with van der Waals surface area (Å²) in [6.07, 6.45) is -0.958. The van der Waals surface area contributed by atoms with Crippen LogP contribution in [-0.2, 0) is 12.7 Å². The van der Waals surface area contributed by atoms with Gasteiger partial charge in [0.25, 0.3) is 0 Å². The van der Waals surface area contributed by atoms with Crippen molar-refractivity contribution in [3.05, 3.63) is 47.9 Å². The Morgan fingerprint density at radius 2 is 1.83 bits per heavy atom. The molecule has 0 spiro atoms. The molecule has 0 amide bonds. The SMILES string of the molecule is Fc1cncnc1N1CCN(Cc2cccnc2C(F)(F)F)CC1. The maximum absolute atomic E-state index is 13.7. The minimum Gasteiger partial charge on any atom is -0.352 e. The van der Waals surface area contributed by atoms with Crippen LogP contribution >= 0.6 is 0 Å². The predicted molar refractivity (Wildman–Crippen MR) is 78.7 cm³/mol. The molecule has 24 heavy (non-hydrogen) atoms. The molecule has 2 aromatic rings. The number of nitrogens with zero attached hydrogens (tertiary/aromatic N) is 5. The summed E-state index contributed by atoms with van der Waals surface area (Å²) in [6, 6.07) is 2.93. The lowest BCUT2D eigenvalue weighted by Crippen LogP contribution is -2.46. The molecule has 1 aliphatic heterocycles. The largest absolute Gasteiger partial charge is 0.433 e. The molecular formula is C15H15F4N5. The van der Waals surface area contributed by atoms with Gasteiger partial charge in [0.05, 0.1) is 6.20 Å². The Labute approximate surface area is 136 Å². The van der Waals surface area contributed by atoms with Gasteiger partial charge >= 0.3 is 6.18 Å². The van der Waals surface area contributed by atoms with Crippen LogP contribution in [0.15, 0.2) is 30.9 Å². The summed E-state index contributed by atoms with van der Waals surface area (Å²) in [5.41, 5.74) is -0.707. The van der Waals surface area contributed by atoms with Gasteiger partial charge < -0.3 is 4.90 Å². The van der Waals surface area contributed by atoms with Crippen molar-refractivity contribution in [3.8, 4) is 0 Å². The lowest BCUT2D eigenvalue weighted by atomic mass is 10.1. The van der Waals surface area contributed by atoms with Gasteiger partial charge in [-0.05, 0) is 11.6 Å². The number of pyridine rings is 1. The van der Waals surface area contributed by atoms with Crippen molar-refractivity contribution in [2.24, 2.45) is 0 Å². The molecule has 0 aliphatic carbocycles. The van der Waals surface area contributed by atoms with Crippen LogP contribution in [-0.4, -0.2) is 46.0 Å². The summed E-state index contributed by atoms with van der Waals surface area (Å²) in [5.74, 6) is -0.278. The number of hydrogen-bond donors (Lipinski definition) is 0. The van der Waals surface area contributed by atoms with Gasteiger partial charge in [-0.25, -0.2) is 14.4 Å². The summed E-state index contributed by atoms with van der Waals surface area (Å²) in [4.78, 5) is 14.6. The Bertz CT molecular complexity index is 698. The van der Waals surface area contributed by atoms with Crippen molar-refractivity contribution in [1.29, 1.82) is 0 Å². The van der Waals surface area contributed by atoms with Gasteiger partial charge in [-0.15, -0.1) is 0 Å². The molecule has 1 aliphatic rings. The second-order valence-electron chi connectivity index (χ2n) is 5.47. The highest BCUT2D eigenvalue weighted by atomic mass is 19.4. The first-order valence-corrected chi connectivity index (χ1v) is 7.39. The van der Waals surface area contributed by atoms with Crippen LogP contribution < -0.4 is 4.90 Å². The summed E-state index contributed by atoms with van der Waals surface area (Å²) >= 11 is 0. The van der Waals surface area contributed by atoms with E-state index < -0.39 is 17.7 Å². The quantitative estimate of drug-likeness (QED) is 0.802. The van der Waals surface area contributed by atoms with Crippen molar-refractivity contribution in [2.45, 2.75) is 12.7 Å². The minimum atomic E-state index is -4.47. The molecule has 0 bridgehead atoms. The Morgan fingerprint density at radius 1 is 1.08 bits per heavy atom. The van der Waals surface area contributed by atoms with Gasteiger partial charge in [0.2, 0.25) is 0 Å². The summed E-state index contributed by atoms with van der Waals surface area (Å²) in [6.45, 7) is 2.14. The average Bonchev–Trinajstić information content (AvgIpc) is 2.56. The van der Waals surface area contributed by atoms with E-state index in [4.69, 9.17) is 0 Å². The lowest BCUT2D eigenvalue weighted by Gasteiger charge is -2.35. The standard InChI is InChI=1S/C15H15F4N5/c16-12-8-20-10-22-14(12)24-6-4-23(5-7-24)9-11-2-1-3-21-13(11)15(17,18)19/h1-3,8,10H,4-7,9H2. The van der Waals surface area contributed by atoms with E-state index in [2.05, 4.69) is 15.0 Å². The van der Waals surface area contributed by atoms with E-state index in [1.807, 2.05) is 4.90 Å². The molecule has 9 heteroatoms. The van der Waals surface area contributed by atoms with E-state index in [1.54, 1.807) is 4.90 Å². The van der Waals surface area contributed by atoms with E-state index in [9.17, 15) is 17.6 Å². The van der Waals surface area contributed by atoms with Gasteiger partial charge in [0.1, 0.15) is 12.0 Å². The monoisotopic (exact) mass is 341 g/mol. The van der Waals surface area contributed by atoms with Crippen molar-refractivity contribution >= 4 is 5.82 Å². The first kappa shape index (κ1) is 16.6. The first-order chi connectivity index (χ1) is 11.4. The first-order valence-electron chi connectivity index (χ1n) is 7.39. The van der Waals surface area contributed by atoms with Crippen LogP contribution in [0.1, 0.15) is 11.3 Å². The fourth-order valence-electron chi connectivity index (χ4n) is 2.72. The normalized spacial score (nSPS) is 16.4.